The molecule has 0 aliphatic heterocycles. The van der Waals surface area contributed by atoms with E-state index in [-0.39, 0.29) is 10.8 Å². The van der Waals surface area contributed by atoms with E-state index in [4.69, 9.17) is 0 Å². The van der Waals surface area contributed by atoms with E-state index >= 15 is 0 Å². The van der Waals surface area contributed by atoms with Gasteiger partial charge < -0.3 is 0 Å². The van der Waals surface area contributed by atoms with Crippen LogP contribution in [0.25, 0.3) is 27.5 Å². The summed E-state index contributed by atoms with van der Waals surface area (Å²) >= 11 is 0. The van der Waals surface area contributed by atoms with Crippen molar-refractivity contribution < 1.29 is 4.57 Å². The van der Waals surface area contributed by atoms with E-state index in [9.17, 15) is 0 Å². The molecule has 2 heteroatoms. The predicted octanol–water partition coefficient (Wildman–Crippen LogP) is 8.45. The minimum absolute atomic E-state index is 0.0277. The second-order valence-corrected chi connectivity index (χ2v) is 12.7. The largest absolute Gasteiger partial charge is 0.267 e. The summed E-state index contributed by atoms with van der Waals surface area (Å²) in [4.78, 5) is 0. The van der Waals surface area contributed by atoms with Gasteiger partial charge in [-0.05, 0) is 67.2 Å². The highest BCUT2D eigenvalue weighted by Gasteiger charge is 2.37. The van der Waals surface area contributed by atoms with Crippen LogP contribution < -0.4 is 4.57 Å². The van der Waals surface area contributed by atoms with Crippen molar-refractivity contribution >= 4 is 21.8 Å². The number of aromatic nitrogens is 2. The van der Waals surface area contributed by atoms with E-state index in [0.717, 1.165) is 0 Å². The highest BCUT2D eigenvalue weighted by Crippen LogP contribution is 2.38. The highest BCUT2D eigenvalue weighted by atomic mass is 15.2. The van der Waals surface area contributed by atoms with Gasteiger partial charge in [-0.2, -0.15) is 4.57 Å². The number of nitrogens with zero attached hydrogens (tertiary/aromatic N) is 2. The van der Waals surface area contributed by atoms with Crippen LogP contribution in [0.3, 0.4) is 0 Å². The number of hydrogen-bond acceptors (Lipinski definition) is 0. The summed E-state index contributed by atoms with van der Waals surface area (Å²) in [5, 5.41) is 2.61. The van der Waals surface area contributed by atoms with E-state index in [1.165, 1.54) is 50.0 Å². The van der Waals surface area contributed by atoms with Gasteiger partial charge in [-0.25, -0.2) is 4.57 Å². The van der Waals surface area contributed by atoms with Crippen molar-refractivity contribution in [1.29, 1.82) is 0 Å². The Hall–Kier alpha value is -2.61. The van der Waals surface area contributed by atoms with Gasteiger partial charge in [0.1, 0.15) is 5.69 Å². The van der Waals surface area contributed by atoms with Gasteiger partial charge in [-0.15, -0.1) is 0 Å². The van der Waals surface area contributed by atoms with Crippen LogP contribution in [0.4, 0.5) is 0 Å². The molecular weight excluding hydrogens is 412 g/mol. The van der Waals surface area contributed by atoms with Gasteiger partial charge in [0.05, 0.1) is 12.5 Å². The van der Waals surface area contributed by atoms with E-state index in [0.29, 0.717) is 11.8 Å². The zero-order chi connectivity index (χ0) is 25.2. The minimum atomic E-state index is -0.0277. The van der Waals surface area contributed by atoms with Crippen molar-refractivity contribution in [3.05, 3.63) is 71.0 Å². The summed E-state index contributed by atoms with van der Waals surface area (Å²) in [5.74, 6) is 2.17. The molecule has 0 amide bonds. The molecule has 0 atom stereocenters. The number of imidazole rings is 1. The molecular formula is C32H43N2+. The molecule has 0 radical (unpaired) electrons. The number of aryl methyl sites for hydroxylation is 1. The second kappa shape index (κ2) is 8.26. The van der Waals surface area contributed by atoms with Gasteiger partial charge >= 0.3 is 0 Å². The summed E-state index contributed by atoms with van der Waals surface area (Å²) in [6.45, 7) is 23.4. The fraction of sp³-hybridized carbons (Fsp3) is 0.469. The first-order valence-corrected chi connectivity index (χ1v) is 12.8. The Morgan fingerprint density at radius 3 is 1.79 bits per heavy atom. The molecule has 1 heterocycles. The van der Waals surface area contributed by atoms with Gasteiger partial charge in [0.25, 0.3) is 5.82 Å². The summed E-state index contributed by atoms with van der Waals surface area (Å²) in [5.41, 5.74) is 8.36. The molecule has 0 fully saturated rings. The Labute approximate surface area is 206 Å². The lowest BCUT2D eigenvalue weighted by atomic mass is 9.80. The van der Waals surface area contributed by atoms with Gasteiger partial charge in [0, 0.05) is 16.5 Å². The lowest BCUT2D eigenvalue weighted by molar-refractivity contribution is -0.582. The van der Waals surface area contributed by atoms with E-state index < -0.39 is 0 Å². The van der Waals surface area contributed by atoms with Crippen LogP contribution in [0.5, 0.6) is 0 Å². The zero-order valence-electron chi connectivity index (χ0n) is 23.2. The lowest BCUT2D eigenvalue weighted by Crippen LogP contribution is -2.43. The van der Waals surface area contributed by atoms with Crippen LogP contribution in [0.2, 0.25) is 0 Å². The molecule has 0 aliphatic rings. The first kappa shape index (κ1) is 24.5. The first-order valence-electron chi connectivity index (χ1n) is 12.8. The van der Waals surface area contributed by atoms with Crippen molar-refractivity contribution in [2.24, 2.45) is 7.05 Å². The molecule has 3 aromatic carbocycles. The van der Waals surface area contributed by atoms with Crippen molar-refractivity contribution in [1.82, 2.24) is 4.57 Å². The van der Waals surface area contributed by atoms with E-state index in [1.54, 1.807) is 0 Å². The predicted molar refractivity (Wildman–Crippen MR) is 148 cm³/mol. The topological polar surface area (TPSA) is 8.81 Å². The molecule has 180 valence electrons. The second-order valence-electron chi connectivity index (χ2n) is 12.7. The van der Waals surface area contributed by atoms with Crippen LogP contribution >= 0.6 is 0 Å². The van der Waals surface area contributed by atoms with E-state index in [2.05, 4.69) is 134 Å². The van der Waals surface area contributed by atoms with Crippen molar-refractivity contribution in [3.8, 4) is 5.69 Å². The molecule has 0 unspecified atom stereocenters. The Morgan fingerprint density at radius 1 is 0.735 bits per heavy atom. The van der Waals surface area contributed by atoms with Crippen LogP contribution in [-0.4, -0.2) is 4.57 Å². The van der Waals surface area contributed by atoms with Crippen molar-refractivity contribution in [3.63, 3.8) is 0 Å². The maximum Gasteiger partial charge on any atom is 0.267 e. The zero-order valence-corrected chi connectivity index (χ0v) is 23.2. The Kier molecular flexibility index (Phi) is 5.95. The number of rotatable bonds is 3. The average molecular weight is 456 g/mol. The Bertz CT molecular complexity index is 1340. The van der Waals surface area contributed by atoms with Crippen LogP contribution in [0.1, 0.15) is 104 Å². The van der Waals surface area contributed by atoms with Crippen molar-refractivity contribution in [2.75, 3.05) is 0 Å². The highest BCUT2D eigenvalue weighted by molar-refractivity contribution is 6.02. The normalized spacial score (nSPS) is 13.1. The summed E-state index contributed by atoms with van der Waals surface area (Å²) in [7, 11) is 2.24. The van der Waals surface area contributed by atoms with Crippen LogP contribution in [0.15, 0.2) is 48.5 Å². The minimum Gasteiger partial charge on any atom is -0.229 e. The van der Waals surface area contributed by atoms with Crippen LogP contribution in [-0.2, 0) is 17.9 Å². The quantitative estimate of drug-likeness (QED) is 0.274. The lowest BCUT2D eigenvalue weighted by Gasteiger charge is -2.27. The molecule has 0 bridgehead atoms. The first-order chi connectivity index (χ1) is 15.7. The summed E-state index contributed by atoms with van der Waals surface area (Å²) in [6.07, 6.45) is 0. The average Bonchev–Trinajstić information content (AvgIpc) is 3.04. The van der Waals surface area contributed by atoms with E-state index in [1.807, 2.05) is 0 Å². The molecule has 4 rings (SSSR count). The van der Waals surface area contributed by atoms with Crippen LogP contribution in [0, 0.1) is 0 Å². The molecule has 2 nitrogen and oxygen atoms in total. The Morgan fingerprint density at radius 2 is 1.29 bits per heavy atom. The van der Waals surface area contributed by atoms with Gasteiger partial charge in [-0.1, -0.05) is 78.8 Å². The fourth-order valence-electron chi connectivity index (χ4n) is 5.43. The smallest absolute Gasteiger partial charge is 0.229 e. The number of benzene rings is 3. The third-order valence-electron chi connectivity index (χ3n) is 7.17. The van der Waals surface area contributed by atoms with Gasteiger partial charge in [-0.3, -0.25) is 0 Å². The van der Waals surface area contributed by atoms with Crippen molar-refractivity contribution in [2.45, 2.75) is 91.9 Å². The standard InChI is InChI=1S/C32H43N2/c1-20(2)25-18-23(31(5,6)7)19-26(21(3)4)28(25)34-29-24-15-13-12-14-22(24)16-17-27(29)33(11)30(34)32(8,9)10/h12-21H,1-11H3/q+1. The fourth-order valence-corrected chi connectivity index (χ4v) is 5.43. The van der Waals surface area contributed by atoms with Gasteiger partial charge in [0.15, 0.2) is 11.0 Å². The molecule has 0 spiro atoms. The SMILES string of the molecule is CC(C)c1cc(C(C)(C)C)cc(C(C)C)c1-[n+]1c(C(C)(C)C)n(C)c2ccc3ccccc3c21. The Balaban J connectivity index is 2.32. The molecule has 34 heavy (non-hydrogen) atoms. The summed E-state index contributed by atoms with van der Waals surface area (Å²) in [6, 6.07) is 18.4. The molecule has 0 N–H and O–H groups in total. The van der Waals surface area contributed by atoms with Gasteiger partial charge in [0.2, 0.25) is 0 Å². The molecule has 0 aliphatic carbocycles. The maximum absolute atomic E-state index is 2.62. The third-order valence-corrected chi connectivity index (χ3v) is 7.17. The third kappa shape index (κ3) is 3.96. The maximum atomic E-state index is 2.62. The molecule has 1 aromatic heterocycles. The number of hydrogen-bond donors (Lipinski definition) is 0. The molecule has 0 saturated heterocycles. The molecule has 4 aromatic rings. The monoisotopic (exact) mass is 455 g/mol. The molecule has 0 saturated carbocycles. The number of fused-ring (bicyclic) bond motifs is 3. The summed E-state index contributed by atoms with van der Waals surface area (Å²) < 4.78 is 5.04.